The third-order valence-corrected chi connectivity index (χ3v) is 4.80. The van der Waals surface area contributed by atoms with E-state index in [0.29, 0.717) is 5.56 Å². The lowest BCUT2D eigenvalue weighted by molar-refractivity contribution is 0.0907. The summed E-state index contributed by atoms with van der Waals surface area (Å²) in [7, 11) is 0. The van der Waals surface area contributed by atoms with Gasteiger partial charge in [0.15, 0.2) is 5.78 Å². The van der Waals surface area contributed by atoms with Crippen molar-refractivity contribution in [2.75, 3.05) is 0 Å². The van der Waals surface area contributed by atoms with Crippen molar-refractivity contribution in [2.24, 2.45) is 5.92 Å². The Morgan fingerprint density at radius 2 is 1.43 bits per heavy atom. The molecule has 0 bridgehead atoms. The van der Waals surface area contributed by atoms with Crippen LogP contribution in [0.2, 0.25) is 0 Å². The van der Waals surface area contributed by atoms with Gasteiger partial charge in [-0.25, -0.2) is 4.79 Å². The first-order valence-electron chi connectivity index (χ1n) is 9.93. The summed E-state index contributed by atoms with van der Waals surface area (Å²) < 4.78 is 5.35. The summed E-state index contributed by atoms with van der Waals surface area (Å²) in [5, 5.41) is 2.84. The van der Waals surface area contributed by atoms with Crippen molar-refractivity contribution in [3.63, 3.8) is 0 Å². The molecule has 0 aliphatic heterocycles. The summed E-state index contributed by atoms with van der Waals surface area (Å²) in [6.07, 6.45) is 3.18. The fourth-order valence-corrected chi connectivity index (χ4v) is 3.05. The van der Waals surface area contributed by atoms with Gasteiger partial charge in [0, 0.05) is 11.5 Å². The van der Waals surface area contributed by atoms with Gasteiger partial charge in [0.1, 0.15) is 6.61 Å². The van der Waals surface area contributed by atoms with E-state index < -0.39 is 18.1 Å². The number of benzene rings is 3. The normalized spacial score (nSPS) is 12.8. The molecule has 4 nitrogen and oxygen atoms in total. The minimum Gasteiger partial charge on any atom is -0.445 e. The predicted octanol–water partition coefficient (Wildman–Crippen LogP) is 5.51. The molecule has 0 radical (unpaired) electrons. The van der Waals surface area contributed by atoms with Crippen LogP contribution >= 0.6 is 0 Å². The highest BCUT2D eigenvalue weighted by Crippen LogP contribution is 2.15. The van der Waals surface area contributed by atoms with Gasteiger partial charge in [0.05, 0.1) is 6.04 Å². The highest BCUT2D eigenvalue weighted by atomic mass is 16.5. The van der Waals surface area contributed by atoms with E-state index in [1.807, 2.05) is 97.9 Å². The molecule has 30 heavy (non-hydrogen) atoms. The molecule has 4 heteroatoms. The maximum absolute atomic E-state index is 12.9. The Morgan fingerprint density at radius 1 is 0.867 bits per heavy atom. The Morgan fingerprint density at radius 3 is 2.07 bits per heavy atom. The summed E-state index contributed by atoms with van der Waals surface area (Å²) in [5.41, 5.74) is 2.50. The van der Waals surface area contributed by atoms with Gasteiger partial charge >= 0.3 is 6.09 Å². The van der Waals surface area contributed by atoms with Crippen LogP contribution in [0.25, 0.3) is 6.08 Å². The number of nitrogens with one attached hydrogen (secondary N) is 1. The number of carbonyl (C=O) groups is 2. The van der Waals surface area contributed by atoms with Crippen LogP contribution in [-0.2, 0) is 11.3 Å². The Balaban J connectivity index is 1.72. The summed E-state index contributed by atoms with van der Waals surface area (Å²) in [5.74, 6) is -0.502. The van der Waals surface area contributed by atoms with Gasteiger partial charge in [0.2, 0.25) is 0 Å². The van der Waals surface area contributed by atoms with Crippen molar-refractivity contribution in [3.8, 4) is 0 Å². The summed E-state index contributed by atoms with van der Waals surface area (Å²) in [6, 6.07) is 27.8. The van der Waals surface area contributed by atoms with Crippen molar-refractivity contribution in [3.05, 3.63) is 114 Å². The molecule has 0 aromatic heterocycles. The summed E-state index contributed by atoms with van der Waals surface area (Å²) in [4.78, 5) is 25.4. The molecule has 2 atom stereocenters. The van der Waals surface area contributed by atoms with Gasteiger partial charge in [-0.1, -0.05) is 110 Å². The SMILES string of the molecule is C[C@H](C(=O)c1ccccc1)[C@H](/C=C/c1ccccc1)NC(=O)OCc1ccccc1. The summed E-state index contributed by atoms with van der Waals surface area (Å²) in [6.45, 7) is 1.98. The van der Waals surface area contributed by atoms with Crippen molar-refractivity contribution < 1.29 is 14.3 Å². The molecule has 0 saturated carbocycles. The minimum atomic E-state index is -0.561. The number of amides is 1. The molecule has 0 unspecified atom stereocenters. The summed E-state index contributed by atoms with van der Waals surface area (Å²) >= 11 is 0. The molecule has 0 aliphatic rings. The molecular formula is C26H25NO3. The second-order valence-corrected chi connectivity index (χ2v) is 7.02. The smallest absolute Gasteiger partial charge is 0.407 e. The molecule has 0 saturated heterocycles. The van der Waals surface area contributed by atoms with E-state index in [9.17, 15) is 9.59 Å². The number of alkyl carbamates (subject to hydrolysis) is 1. The second-order valence-electron chi connectivity index (χ2n) is 7.02. The lowest BCUT2D eigenvalue weighted by Gasteiger charge is -2.21. The van der Waals surface area contributed by atoms with Crippen LogP contribution in [0.4, 0.5) is 4.79 Å². The van der Waals surface area contributed by atoms with Crippen LogP contribution in [0.1, 0.15) is 28.4 Å². The van der Waals surface area contributed by atoms with Crippen LogP contribution in [0.5, 0.6) is 0 Å². The van der Waals surface area contributed by atoms with Gasteiger partial charge in [-0.2, -0.15) is 0 Å². The van der Waals surface area contributed by atoms with Gasteiger partial charge in [-0.3, -0.25) is 4.79 Å². The third-order valence-electron chi connectivity index (χ3n) is 4.80. The Hall–Kier alpha value is -3.66. The van der Waals surface area contributed by atoms with Gasteiger partial charge in [-0.15, -0.1) is 0 Å². The number of ketones is 1. The number of rotatable bonds is 8. The fraction of sp³-hybridized carbons (Fsp3) is 0.154. The number of ether oxygens (including phenoxy) is 1. The molecular weight excluding hydrogens is 374 g/mol. The lowest BCUT2D eigenvalue weighted by Crippen LogP contribution is -2.41. The van der Waals surface area contributed by atoms with Crippen LogP contribution in [0, 0.1) is 5.92 Å². The van der Waals surface area contributed by atoms with Crippen LogP contribution in [0.15, 0.2) is 97.1 Å². The molecule has 3 aromatic rings. The Bertz CT molecular complexity index is 969. The Labute approximate surface area is 177 Å². The highest BCUT2D eigenvalue weighted by molar-refractivity contribution is 5.98. The predicted molar refractivity (Wildman–Crippen MR) is 119 cm³/mol. The van der Waals surface area contributed by atoms with Crippen molar-refractivity contribution in [1.29, 1.82) is 0 Å². The first-order valence-corrected chi connectivity index (χ1v) is 9.93. The largest absolute Gasteiger partial charge is 0.445 e. The monoisotopic (exact) mass is 399 g/mol. The van der Waals surface area contributed by atoms with Gasteiger partial charge in [-0.05, 0) is 11.1 Å². The van der Waals surface area contributed by atoms with Crippen molar-refractivity contribution >= 4 is 18.0 Å². The number of Topliss-reactive ketones (excluding diaryl/α,β-unsaturated/α-hetero) is 1. The molecule has 0 aliphatic carbocycles. The Kier molecular flexibility index (Phi) is 7.56. The number of carbonyl (C=O) groups excluding carboxylic acids is 2. The lowest BCUT2D eigenvalue weighted by atomic mass is 9.92. The maximum atomic E-state index is 12.9. The van der Waals surface area contributed by atoms with Gasteiger partial charge < -0.3 is 10.1 Å². The molecule has 0 fully saturated rings. The third kappa shape index (κ3) is 6.17. The highest BCUT2D eigenvalue weighted by Gasteiger charge is 2.25. The van der Waals surface area contributed by atoms with Crippen LogP contribution in [0.3, 0.4) is 0 Å². The topological polar surface area (TPSA) is 55.4 Å². The van der Waals surface area contributed by atoms with E-state index in [2.05, 4.69) is 5.32 Å². The second kappa shape index (κ2) is 10.8. The first kappa shape index (κ1) is 21.1. The minimum absolute atomic E-state index is 0.0401. The van der Waals surface area contributed by atoms with Crippen LogP contribution in [-0.4, -0.2) is 17.9 Å². The van der Waals surface area contributed by atoms with Gasteiger partial charge in [0.25, 0.3) is 0 Å². The first-order chi connectivity index (χ1) is 14.6. The maximum Gasteiger partial charge on any atom is 0.407 e. The zero-order chi connectivity index (χ0) is 21.2. The number of hydrogen-bond acceptors (Lipinski definition) is 3. The quantitative estimate of drug-likeness (QED) is 0.508. The fourth-order valence-electron chi connectivity index (χ4n) is 3.05. The van der Waals surface area contributed by atoms with E-state index in [4.69, 9.17) is 4.74 Å². The zero-order valence-electron chi connectivity index (χ0n) is 16.9. The van der Waals surface area contributed by atoms with Crippen molar-refractivity contribution in [1.82, 2.24) is 5.32 Å². The number of hydrogen-bond donors (Lipinski definition) is 1. The van der Waals surface area contributed by atoms with E-state index >= 15 is 0 Å². The zero-order valence-corrected chi connectivity index (χ0v) is 16.9. The van der Waals surface area contributed by atoms with Crippen molar-refractivity contribution in [2.45, 2.75) is 19.6 Å². The van der Waals surface area contributed by atoms with E-state index in [0.717, 1.165) is 11.1 Å². The molecule has 3 rings (SSSR count). The molecule has 0 spiro atoms. The average molecular weight is 399 g/mol. The molecule has 1 N–H and O–H groups in total. The molecule has 152 valence electrons. The van der Waals surface area contributed by atoms with E-state index in [1.54, 1.807) is 12.1 Å². The molecule has 0 heterocycles. The van der Waals surface area contributed by atoms with E-state index in [-0.39, 0.29) is 12.4 Å². The average Bonchev–Trinajstić information content (AvgIpc) is 2.81. The van der Waals surface area contributed by atoms with Crippen LogP contribution < -0.4 is 5.32 Å². The molecule has 3 aromatic carbocycles. The van der Waals surface area contributed by atoms with E-state index in [1.165, 1.54) is 0 Å². The molecule has 1 amide bonds. The standard InChI is InChI=1S/C26H25NO3/c1-20(25(28)23-15-9-4-10-16-23)24(18-17-21-11-5-2-6-12-21)27-26(29)30-19-22-13-7-3-8-14-22/h2-18,20,24H,19H2,1H3,(H,27,29)/b18-17+/t20-,24-/m0/s1.